The van der Waals surface area contributed by atoms with Gasteiger partial charge in [0.25, 0.3) is 5.91 Å². The van der Waals surface area contributed by atoms with Gasteiger partial charge >= 0.3 is 0 Å². The quantitative estimate of drug-likeness (QED) is 0.484. The molecule has 37 heavy (non-hydrogen) atoms. The predicted molar refractivity (Wildman–Crippen MR) is 141 cm³/mol. The van der Waals surface area contributed by atoms with Crippen LogP contribution in [0.3, 0.4) is 0 Å². The van der Waals surface area contributed by atoms with Crippen LogP contribution in [-0.4, -0.2) is 71.1 Å². The van der Waals surface area contributed by atoms with E-state index in [1.165, 1.54) is 26.3 Å². The number of carbonyl (C=O) groups is 2. The van der Waals surface area contributed by atoms with Gasteiger partial charge in [0, 0.05) is 36.9 Å². The number of rotatable bonds is 8. The molecule has 3 heterocycles. The minimum absolute atomic E-state index is 0.0311. The van der Waals surface area contributed by atoms with Gasteiger partial charge in [-0.2, -0.15) is 0 Å². The Labute approximate surface area is 217 Å². The molecule has 0 bridgehead atoms. The van der Waals surface area contributed by atoms with Crippen LogP contribution in [0.25, 0.3) is 22.3 Å². The number of aromatic nitrogens is 3. The Kier molecular flexibility index (Phi) is 6.66. The third kappa shape index (κ3) is 5.05. The Morgan fingerprint density at radius 3 is 2.73 bits per heavy atom. The van der Waals surface area contributed by atoms with Crippen molar-refractivity contribution < 1.29 is 19.1 Å². The summed E-state index contributed by atoms with van der Waals surface area (Å²) in [7, 11) is 1.51. The van der Waals surface area contributed by atoms with Crippen LogP contribution in [0.2, 0.25) is 0 Å². The van der Waals surface area contributed by atoms with E-state index >= 15 is 0 Å². The summed E-state index contributed by atoms with van der Waals surface area (Å²) < 4.78 is 11.2. The van der Waals surface area contributed by atoms with Gasteiger partial charge in [0.1, 0.15) is 29.9 Å². The molecule has 2 aromatic heterocycles. The lowest BCUT2D eigenvalue weighted by atomic mass is 9.87. The van der Waals surface area contributed by atoms with E-state index in [0.717, 1.165) is 16.9 Å². The van der Waals surface area contributed by atoms with E-state index in [9.17, 15) is 9.59 Å². The summed E-state index contributed by atoms with van der Waals surface area (Å²) in [6.07, 6.45) is 3.92. The average Bonchev–Trinajstić information content (AvgIpc) is 3.54. The van der Waals surface area contributed by atoms with Crippen LogP contribution < -0.4 is 10.1 Å². The molecule has 2 N–H and O–H groups in total. The molecule has 2 amide bonds. The van der Waals surface area contributed by atoms with Crippen LogP contribution in [0.5, 0.6) is 5.75 Å². The summed E-state index contributed by atoms with van der Waals surface area (Å²) in [4.78, 5) is 40.2. The largest absolute Gasteiger partial charge is 0.493 e. The van der Waals surface area contributed by atoms with Crippen molar-refractivity contribution >= 4 is 22.8 Å². The minimum atomic E-state index is -0.283. The van der Waals surface area contributed by atoms with E-state index < -0.39 is 0 Å². The molecule has 1 saturated carbocycles. The summed E-state index contributed by atoms with van der Waals surface area (Å²) in [6, 6.07) is 5.88. The Hall–Kier alpha value is -3.46. The number of H-pyrrole nitrogens is 1. The zero-order valence-electron chi connectivity index (χ0n) is 22.2. The number of ether oxygens (including phenoxy) is 2. The predicted octanol–water partition coefficient (Wildman–Crippen LogP) is 3.64. The van der Waals surface area contributed by atoms with E-state index in [0.29, 0.717) is 53.6 Å². The van der Waals surface area contributed by atoms with Crippen LogP contribution in [0.15, 0.2) is 24.5 Å². The number of aromatic amines is 1. The zero-order chi connectivity index (χ0) is 26.3. The van der Waals surface area contributed by atoms with E-state index in [1.807, 2.05) is 26.0 Å². The Morgan fingerprint density at radius 1 is 1.22 bits per heavy atom. The van der Waals surface area contributed by atoms with Gasteiger partial charge < -0.3 is 24.7 Å². The summed E-state index contributed by atoms with van der Waals surface area (Å²) in [5.41, 5.74) is 4.87. The van der Waals surface area contributed by atoms with Crippen LogP contribution in [-0.2, 0) is 9.53 Å². The summed E-state index contributed by atoms with van der Waals surface area (Å²) in [5.74, 6) is 1.11. The number of fused-ring (bicyclic) bond motifs is 1. The van der Waals surface area contributed by atoms with Gasteiger partial charge in [-0.05, 0) is 44.7 Å². The molecule has 0 spiro atoms. The molecule has 1 aliphatic heterocycles. The van der Waals surface area contributed by atoms with Crippen LogP contribution in [0, 0.1) is 25.2 Å². The molecule has 1 saturated heterocycles. The highest BCUT2D eigenvalue weighted by molar-refractivity contribution is 6.09. The lowest BCUT2D eigenvalue weighted by Crippen LogP contribution is -2.44. The number of aryl methyl sites for hydroxylation is 2. The Morgan fingerprint density at radius 2 is 2.00 bits per heavy atom. The molecule has 2 aliphatic rings. The van der Waals surface area contributed by atoms with Gasteiger partial charge in [0.05, 0.1) is 23.7 Å². The van der Waals surface area contributed by atoms with Gasteiger partial charge in [-0.3, -0.25) is 9.59 Å². The molecule has 1 aliphatic carbocycles. The lowest BCUT2D eigenvalue weighted by Gasteiger charge is -2.26. The van der Waals surface area contributed by atoms with Gasteiger partial charge in [0.15, 0.2) is 0 Å². The Balaban J connectivity index is 1.45. The molecule has 5 rings (SSSR count). The van der Waals surface area contributed by atoms with Crippen LogP contribution >= 0.6 is 0 Å². The minimum Gasteiger partial charge on any atom is -0.493 e. The molecule has 1 aromatic carbocycles. The number of nitrogens with zero attached hydrogens (tertiary/aromatic N) is 3. The maximum atomic E-state index is 13.6. The van der Waals surface area contributed by atoms with Crippen LogP contribution in [0.4, 0.5) is 0 Å². The molecule has 0 radical (unpaired) electrons. The van der Waals surface area contributed by atoms with Crippen molar-refractivity contribution in [2.45, 2.75) is 46.6 Å². The molecule has 2 fully saturated rings. The number of likely N-dealkylation sites (tertiary alicyclic amines) is 1. The third-order valence-corrected chi connectivity index (χ3v) is 7.43. The number of amides is 2. The first-order valence-electron chi connectivity index (χ1n) is 12.8. The number of hydrogen-bond donors (Lipinski definition) is 2. The van der Waals surface area contributed by atoms with E-state index in [-0.39, 0.29) is 29.9 Å². The standard InChI is InChI=1S/C28H35N5O4/c1-16-6-9-20(37-12-18-7-8-18)19(10-16)24-26-25(30-15-29-24)23(17(2)31-26)27(35)32-21-11-33(14-28(21,3)4)22(34)13-36-5/h6,9-10,15,18,21,31H,7-8,11-14H2,1-5H3,(H,32,35)/t21-/m1/s1. The second-order valence-corrected chi connectivity index (χ2v) is 11.0. The van der Waals surface area contributed by atoms with Crippen molar-refractivity contribution in [2.75, 3.05) is 33.4 Å². The zero-order valence-corrected chi connectivity index (χ0v) is 22.2. The van der Waals surface area contributed by atoms with Crippen molar-refractivity contribution in [3.05, 3.63) is 41.3 Å². The van der Waals surface area contributed by atoms with Gasteiger partial charge in [-0.15, -0.1) is 0 Å². The SMILES string of the molecule is COCC(=O)N1C[C@@H](NC(=O)c2c(C)[nH]c3c(-c4cc(C)ccc4OCC4CC4)ncnc23)C(C)(C)C1. The first-order chi connectivity index (χ1) is 17.7. The second-order valence-electron chi connectivity index (χ2n) is 11.0. The fourth-order valence-electron chi connectivity index (χ4n) is 5.06. The van der Waals surface area contributed by atoms with Crippen molar-refractivity contribution in [1.29, 1.82) is 0 Å². The number of nitrogens with one attached hydrogen (secondary N) is 2. The highest BCUT2D eigenvalue weighted by atomic mass is 16.5. The number of hydrogen-bond acceptors (Lipinski definition) is 6. The molecule has 3 aromatic rings. The molecule has 0 unspecified atom stereocenters. The third-order valence-electron chi connectivity index (χ3n) is 7.43. The summed E-state index contributed by atoms with van der Waals surface area (Å²) in [5, 5.41) is 3.17. The molecule has 9 nitrogen and oxygen atoms in total. The average molecular weight is 506 g/mol. The molecule has 1 atom stereocenters. The Bertz CT molecular complexity index is 1340. The second kappa shape index (κ2) is 9.78. The first-order valence-corrected chi connectivity index (χ1v) is 12.8. The van der Waals surface area contributed by atoms with Crippen molar-refractivity contribution in [3.63, 3.8) is 0 Å². The highest BCUT2D eigenvalue weighted by Crippen LogP contribution is 2.37. The van der Waals surface area contributed by atoms with E-state index in [1.54, 1.807) is 4.90 Å². The molecule has 196 valence electrons. The maximum absolute atomic E-state index is 13.6. The van der Waals surface area contributed by atoms with Gasteiger partial charge in [-0.1, -0.05) is 25.5 Å². The van der Waals surface area contributed by atoms with Crippen molar-refractivity contribution in [3.8, 4) is 17.0 Å². The van der Waals surface area contributed by atoms with E-state index in [2.05, 4.69) is 40.2 Å². The maximum Gasteiger partial charge on any atom is 0.255 e. The molecule has 9 heteroatoms. The van der Waals surface area contributed by atoms with Crippen molar-refractivity contribution in [2.24, 2.45) is 11.3 Å². The van der Waals surface area contributed by atoms with E-state index in [4.69, 9.17) is 9.47 Å². The lowest BCUT2D eigenvalue weighted by molar-refractivity contribution is -0.134. The monoisotopic (exact) mass is 505 g/mol. The number of benzene rings is 1. The first kappa shape index (κ1) is 25.2. The molecular weight excluding hydrogens is 470 g/mol. The normalized spacial score (nSPS) is 18.8. The smallest absolute Gasteiger partial charge is 0.255 e. The number of methoxy groups -OCH3 is 1. The number of carbonyl (C=O) groups excluding carboxylic acids is 2. The van der Waals surface area contributed by atoms with Gasteiger partial charge in [-0.25, -0.2) is 9.97 Å². The highest BCUT2D eigenvalue weighted by Gasteiger charge is 2.42. The summed E-state index contributed by atoms with van der Waals surface area (Å²) >= 11 is 0. The fraction of sp³-hybridized carbons (Fsp3) is 0.500. The van der Waals surface area contributed by atoms with Crippen LogP contribution in [0.1, 0.15) is 48.3 Å². The topological polar surface area (TPSA) is 109 Å². The van der Waals surface area contributed by atoms with Gasteiger partial charge in [0.2, 0.25) is 5.91 Å². The summed E-state index contributed by atoms with van der Waals surface area (Å²) in [6.45, 7) is 9.74. The van der Waals surface area contributed by atoms with Crippen molar-refractivity contribution in [1.82, 2.24) is 25.2 Å². The molecular formula is C28H35N5O4. The fourth-order valence-corrected chi connectivity index (χ4v) is 5.06.